The number of nitrogens with zero attached hydrogens (tertiary/aromatic N) is 3. The van der Waals surface area contributed by atoms with Crippen LogP contribution in [0.3, 0.4) is 0 Å². The Hall–Kier alpha value is -1.76. The fourth-order valence-electron chi connectivity index (χ4n) is 3.16. The lowest BCUT2D eigenvalue weighted by Gasteiger charge is -2.36. The molecule has 4 rings (SSSR count). The minimum Gasteiger partial charge on any atom is -0.419 e. The van der Waals surface area contributed by atoms with E-state index in [1.54, 1.807) is 0 Å². The molecule has 1 spiro atoms. The lowest BCUT2D eigenvalue weighted by molar-refractivity contribution is -0.186. The summed E-state index contributed by atoms with van der Waals surface area (Å²) in [5.41, 5.74) is 2.17. The van der Waals surface area contributed by atoms with Crippen LogP contribution in [0.2, 0.25) is 0 Å². The molecule has 2 saturated heterocycles. The molecule has 0 bridgehead atoms. The number of likely N-dealkylation sites (tertiary alicyclic amines) is 1. The Kier molecular flexibility index (Phi) is 3.88. The smallest absolute Gasteiger partial charge is 0.247 e. The van der Waals surface area contributed by atoms with Gasteiger partial charge in [0.1, 0.15) is 0 Å². The van der Waals surface area contributed by atoms with Crippen LogP contribution in [0.15, 0.2) is 28.7 Å². The van der Waals surface area contributed by atoms with Gasteiger partial charge in [0.15, 0.2) is 5.79 Å². The summed E-state index contributed by atoms with van der Waals surface area (Å²) in [4.78, 5) is 2.31. The second kappa shape index (κ2) is 6.03. The van der Waals surface area contributed by atoms with Gasteiger partial charge in [-0.05, 0) is 19.1 Å². The number of ether oxygens (including phenoxy) is 2. The van der Waals surface area contributed by atoms with Gasteiger partial charge in [0, 0.05) is 31.5 Å². The normalized spacial score (nSPS) is 21.1. The minimum atomic E-state index is -0.335. The molecule has 2 fully saturated rings. The molecule has 0 radical (unpaired) electrons. The third-order valence-corrected chi connectivity index (χ3v) is 4.56. The van der Waals surface area contributed by atoms with Crippen LogP contribution in [0, 0.1) is 6.92 Å². The van der Waals surface area contributed by atoms with E-state index in [9.17, 15) is 0 Å². The Morgan fingerprint density at radius 1 is 1.04 bits per heavy atom. The van der Waals surface area contributed by atoms with Gasteiger partial charge in [-0.25, -0.2) is 0 Å². The Balaban J connectivity index is 1.38. The molecule has 0 unspecified atom stereocenters. The van der Waals surface area contributed by atoms with Gasteiger partial charge < -0.3 is 13.9 Å². The Morgan fingerprint density at radius 3 is 2.43 bits per heavy atom. The van der Waals surface area contributed by atoms with Crippen molar-refractivity contribution in [2.24, 2.45) is 0 Å². The van der Waals surface area contributed by atoms with Crippen molar-refractivity contribution < 1.29 is 13.9 Å². The topological polar surface area (TPSA) is 60.6 Å². The van der Waals surface area contributed by atoms with Gasteiger partial charge in [0.2, 0.25) is 11.8 Å². The van der Waals surface area contributed by atoms with Gasteiger partial charge in [-0.3, -0.25) is 4.90 Å². The van der Waals surface area contributed by atoms with Crippen LogP contribution in [0.4, 0.5) is 0 Å². The number of hydrogen-bond donors (Lipinski definition) is 0. The molecule has 6 heteroatoms. The van der Waals surface area contributed by atoms with Crippen LogP contribution in [0.1, 0.15) is 24.3 Å². The standard InChI is InChI=1S/C17H21N3O3/c1-13-2-4-14(5-3-13)16-19-18-15(23-16)12-20-8-6-17(7-9-20)21-10-11-22-17/h2-5H,6-12H2,1H3. The second-order valence-corrected chi connectivity index (χ2v) is 6.25. The van der Waals surface area contributed by atoms with E-state index in [0.717, 1.165) is 31.5 Å². The van der Waals surface area contributed by atoms with E-state index in [4.69, 9.17) is 13.9 Å². The molecule has 1 aromatic carbocycles. The molecule has 122 valence electrons. The highest BCUT2D eigenvalue weighted by atomic mass is 16.7. The average Bonchev–Trinajstić information content (AvgIpc) is 3.21. The van der Waals surface area contributed by atoms with E-state index in [2.05, 4.69) is 22.0 Å². The van der Waals surface area contributed by atoms with E-state index in [1.807, 2.05) is 24.3 Å². The summed E-state index contributed by atoms with van der Waals surface area (Å²) < 4.78 is 17.3. The maximum absolute atomic E-state index is 5.80. The molecule has 2 aliphatic rings. The maximum Gasteiger partial charge on any atom is 0.247 e. The first-order valence-electron chi connectivity index (χ1n) is 8.12. The van der Waals surface area contributed by atoms with E-state index < -0.39 is 0 Å². The molecular formula is C17H21N3O3. The minimum absolute atomic E-state index is 0.335. The molecule has 2 aromatic rings. The van der Waals surface area contributed by atoms with Gasteiger partial charge in [-0.2, -0.15) is 0 Å². The predicted molar refractivity (Wildman–Crippen MR) is 83.6 cm³/mol. The van der Waals surface area contributed by atoms with Gasteiger partial charge >= 0.3 is 0 Å². The first-order valence-corrected chi connectivity index (χ1v) is 8.12. The molecular weight excluding hydrogens is 294 g/mol. The highest BCUT2D eigenvalue weighted by Gasteiger charge is 2.39. The SMILES string of the molecule is Cc1ccc(-c2nnc(CN3CCC4(CC3)OCCO4)o2)cc1. The zero-order chi connectivity index (χ0) is 15.7. The van der Waals surface area contributed by atoms with Crippen LogP contribution in [0.25, 0.3) is 11.5 Å². The highest BCUT2D eigenvalue weighted by molar-refractivity contribution is 5.52. The van der Waals surface area contributed by atoms with Crippen LogP contribution in [-0.4, -0.2) is 47.2 Å². The zero-order valence-electron chi connectivity index (χ0n) is 13.3. The van der Waals surface area contributed by atoms with Crippen molar-refractivity contribution in [1.29, 1.82) is 0 Å². The quantitative estimate of drug-likeness (QED) is 0.867. The van der Waals surface area contributed by atoms with Crippen LogP contribution < -0.4 is 0 Å². The van der Waals surface area contributed by atoms with Crippen molar-refractivity contribution in [3.8, 4) is 11.5 Å². The van der Waals surface area contributed by atoms with E-state index >= 15 is 0 Å². The summed E-state index contributed by atoms with van der Waals surface area (Å²) >= 11 is 0. The van der Waals surface area contributed by atoms with Crippen molar-refractivity contribution in [3.63, 3.8) is 0 Å². The van der Waals surface area contributed by atoms with Crippen molar-refractivity contribution >= 4 is 0 Å². The molecule has 3 heterocycles. The third-order valence-electron chi connectivity index (χ3n) is 4.56. The fraction of sp³-hybridized carbons (Fsp3) is 0.529. The highest BCUT2D eigenvalue weighted by Crippen LogP contribution is 2.31. The number of aromatic nitrogens is 2. The number of hydrogen-bond acceptors (Lipinski definition) is 6. The Morgan fingerprint density at radius 2 is 1.74 bits per heavy atom. The van der Waals surface area contributed by atoms with Crippen molar-refractivity contribution in [3.05, 3.63) is 35.7 Å². The number of piperidine rings is 1. The summed E-state index contributed by atoms with van der Waals surface area (Å²) in [5, 5.41) is 8.34. The summed E-state index contributed by atoms with van der Waals surface area (Å²) in [7, 11) is 0. The lowest BCUT2D eigenvalue weighted by Crippen LogP contribution is -2.44. The van der Waals surface area contributed by atoms with Crippen molar-refractivity contribution in [1.82, 2.24) is 15.1 Å². The summed E-state index contributed by atoms with van der Waals surface area (Å²) in [6.45, 7) is 6.00. The van der Waals surface area contributed by atoms with Crippen molar-refractivity contribution in [2.45, 2.75) is 32.1 Å². The largest absolute Gasteiger partial charge is 0.419 e. The number of aryl methyl sites for hydroxylation is 1. The van der Waals surface area contributed by atoms with Crippen molar-refractivity contribution in [2.75, 3.05) is 26.3 Å². The van der Waals surface area contributed by atoms with E-state index in [1.165, 1.54) is 5.56 Å². The Bertz CT molecular complexity index is 652. The maximum atomic E-state index is 5.80. The number of benzene rings is 1. The molecule has 0 aliphatic carbocycles. The first kappa shape index (κ1) is 14.8. The summed E-state index contributed by atoms with van der Waals surface area (Å²) in [5.74, 6) is 0.902. The lowest BCUT2D eigenvalue weighted by atomic mass is 10.0. The van der Waals surface area contributed by atoms with Crippen LogP contribution in [0.5, 0.6) is 0 Å². The zero-order valence-corrected chi connectivity index (χ0v) is 13.3. The molecule has 0 amide bonds. The Labute approximate surface area is 135 Å². The van der Waals surface area contributed by atoms with E-state index in [0.29, 0.717) is 31.5 Å². The van der Waals surface area contributed by atoms with Gasteiger partial charge in [0.05, 0.1) is 19.8 Å². The first-order chi connectivity index (χ1) is 11.2. The molecule has 2 aliphatic heterocycles. The second-order valence-electron chi connectivity index (χ2n) is 6.25. The molecule has 1 aromatic heterocycles. The predicted octanol–water partition coefficient (Wildman–Crippen LogP) is 2.38. The van der Waals surface area contributed by atoms with Gasteiger partial charge in [-0.15, -0.1) is 10.2 Å². The molecule has 23 heavy (non-hydrogen) atoms. The molecule has 0 saturated carbocycles. The molecule has 0 N–H and O–H groups in total. The third kappa shape index (κ3) is 3.15. The van der Waals surface area contributed by atoms with Gasteiger partial charge in [-0.1, -0.05) is 17.7 Å². The van der Waals surface area contributed by atoms with E-state index in [-0.39, 0.29) is 5.79 Å². The monoisotopic (exact) mass is 315 g/mol. The van der Waals surface area contributed by atoms with Gasteiger partial charge in [0.25, 0.3) is 0 Å². The van der Waals surface area contributed by atoms with Crippen LogP contribution >= 0.6 is 0 Å². The average molecular weight is 315 g/mol. The fourth-order valence-corrected chi connectivity index (χ4v) is 3.16. The summed E-state index contributed by atoms with van der Waals surface area (Å²) in [6.07, 6.45) is 1.79. The number of rotatable bonds is 3. The molecule has 6 nitrogen and oxygen atoms in total. The molecule has 0 atom stereocenters. The summed E-state index contributed by atoms with van der Waals surface area (Å²) in [6, 6.07) is 8.11. The van der Waals surface area contributed by atoms with Crippen LogP contribution in [-0.2, 0) is 16.0 Å².